The topological polar surface area (TPSA) is 70.7 Å². The summed E-state index contributed by atoms with van der Waals surface area (Å²) in [5.74, 6) is 0.692. The van der Waals surface area contributed by atoms with Crippen LogP contribution in [0.25, 0.3) is 0 Å². The molecule has 0 unspecified atom stereocenters. The number of hydrogen-bond acceptors (Lipinski definition) is 5. The predicted molar refractivity (Wildman–Crippen MR) is 119 cm³/mol. The molecule has 0 aromatic carbocycles. The number of piperidine rings is 2. The molecule has 0 radical (unpaired) electrons. The van der Waals surface area contributed by atoms with Crippen LogP contribution in [0.2, 0.25) is 0 Å². The second-order valence-electron chi connectivity index (χ2n) is 9.58. The van der Waals surface area contributed by atoms with Crippen molar-refractivity contribution in [3.8, 4) is 5.75 Å². The zero-order valence-corrected chi connectivity index (χ0v) is 18.3. The van der Waals surface area contributed by atoms with Crippen molar-refractivity contribution in [2.75, 3.05) is 26.2 Å². The molecular weight excluding hydrogens is 392 g/mol. The summed E-state index contributed by atoms with van der Waals surface area (Å²) in [5.41, 5.74) is 2.62. The molecule has 3 aliphatic heterocycles. The Morgan fingerprint density at radius 1 is 1.00 bits per heavy atom. The number of hydrogen-bond donors (Lipinski definition) is 1. The molecule has 2 bridgehead atoms. The first-order valence-electron chi connectivity index (χ1n) is 11.5. The van der Waals surface area contributed by atoms with Crippen LogP contribution in [0.1, 0.15) is 48.7 Å². The Hall–Kier alpha value is -2.38. The Kier molecular flexibility index (Phi) is 5.48. The van der Waals surface area contributed by atoms with Gasteiger partial charge in [0.15, 0.2) is 5.75 Å². The first kappa shape index (κ1) is 20.5. The first-order valence-corrected chi connectivity index (χ1v) is 11.5. The van der Waals surface area contributed by atoms with Crippen molar-refractivity contribution >= 4 is 0 Å². The van der Waals surface area contributed by atoms with Crippen LogP contribution in [-0.4, -0.2) is 50.2 Å². The number of aromatic nitrogens is 2. The molecule has 5 rings (SSSR count). The van der Waals surface area contributed by atoms with Gasteiger partial charge in [-0.15, -0.1) is 0 Å². The van der Waals surface area contributed by atoms with Gasteiger partial charge < -0.3 is 14.2 Å². The Morgan fingerprint density at radius 2 is 1.81 bits per heavy atom. The summed E-state index contributed by atoms with van der Waals surface area (Å²) in [6.07, 6.45) is 4.73. The van der Waals surface area contributed by atoms with Crippen molar-refractivity contribution in [1.29, 1.82) is 0 Å². The van der Waals surface area contributed by atoms with Crippen LogP contribution in [0.5, 0.6) is 5.75 Å². The maximum Gasteiger partial charge on any atom is 0.250 e. The van der Waals surface area contributed by atoms with Crippen molar-refractivity contribution in [2.45, 2.75) is 51.2 Å². The molecule has 2 atom stereocenters. The van der Waals surface area contributed by atoms with Gasteiger partial charge in [0.25, 0.3) is 5.56 Å². The maximum absolute atomic E-state index is 12.6. The van der Waals surface area contributed by atoms with Crippen LogP contribution in [0, 0.1) is 5.92 Å². The second-order valence-corrected chi connectivity index (χ2v) is 9.58. The molecule has 7 heteroatoms. The molecule has 5 heterocycles. The van der Waals surface area contributed by atoms with Gasteiger partial charge in [0, 0.05) is 69.2 Å². The van der Waals surface area contributed by atoms with E-state index >= 15 is 0 Å². The van der Waals surface area contributed by atoms with Crippen molar-refractivity contribution in [1.82, 2.24) is 18.9 Å². The number of aromatic hydroxyl groups is 1. The molecule has 3 aliphatic rings. The molecule has 2 aromatic rings. The molecule has 166 valence electrons. The van der Waals surface area contributed by atoms with Crippen molar-refractivity contribution in [2.24, 2.45) is 13.0 Å². The molecular formula is C24H32N4O3. The molecule has 31 heavy (non-hydrogen) atoms. The highest BCUT2D eigenvalue weighted by Gasteiger charge is 2.34. The second kappa shape index (κ2) is 8.28. The Labute approximate surface area is 182 Å². The monoisotopic (exact) mass is 424 g/mol. The molecule has 0 spiro atoms. The highest BCUT2D eigenvalue weighted by Crippen LogP contribution is 2.35. The fourth-order valence-electron chi connectivity index (χ4n) is 5.81. The van der Waals surface area contributed by atoms with Gasteiger partial charge in [0.1, 0.15) is 0 Å². The average molecular weight is 425 g/mol. The van der Waals surface area contributed by atoms with E-state index in [4.69, 9.17) is 0 Å². The zero-order valence-electron chi connectivity index (χ0n) is 18.3. The van der Waals surface area contributed by atoms with Gasteiger partial charge >= 0.3 is 0 Å². The van der Waals surface area contributed by atoms with Gasteiger partial charge in [-0.3, -0.25) is 19.4 Å². The lowest BCUT2D eigenvalue weighted by Crippen LogP contribution is -2.47. The van der Waals surface area contributed by atoms with Crippen LogP contribution in [0.3, 0.4) is 0 Å². The smallest absolute Gasteiger partial charge is 0.250 e. The lowest BCUT2D eigenvalue weighted by molar-refractivity contribution is 0.112. The molecule has 7 nitrogen and oxygen atoms in total. The number of nitrogens with zero attached hydrogens (tertiary/aromatic N) is 4. The van der Waals surface area contributed by atoms with E-state index in [0.717, 1.165) is 56.2 Å². The van der Waals surface area contributed by atoms with E-state index in [1.54, 1.807) is 12.1 Å². The van der Waals surface area contributed by atoms with Gasteiger partial charge in [0.05, 0.1) is 5.69 Å². The number of fused-ring (bicyclic) bond motifs is 4. The van der Waals surface area contributed by atoms with Crippen molar-refractivity contribution < 1.29 is 5.11 Å². The minimum absolute atomic E-state index is 0.101. The SMILES string of the molecule is Cn1c(CN2C[C@@H]3C[C@@H](C2)c2cccc(=O)n2C3)cc(=O)c(O)c1CN1CCCCC1. The van der Waals surface area contributed by atoms with E-state index in [-0.39, 0.29) is 16.7 Å². The Morgan fingerprint density at radius 3 is 2.61 bits per heavy atom. The molecule has 1 N–H and O–H groups in total. The molecule has 0 saturated carbocycles. The average Bonchev–Trinajstić information content (AvgIpc) is 2.76. The Balaban J connectivity index is 1.38. The van der Waals surface area contributed by atoms with Gasteiger partial charge in [-0.05, 0) is 44.3 Å². The molecule has 0 amide bonds. The van der Waals surface area contributed by atoms with Gasteiger partial charge in [-0.1, -0.05) is 12.5 Å². The lowest BCUT2D eigenvalue weighted by atomic mass is 9.83. The van der Waals surface area contributed by atoms with E-state index in [1.165, 1.54) is 19.3 Å². The fourth-order valence-corrected chi connectivity index (χ4v) is 5.81. The third-order valence-electron chi connectivity index (χ3n) is 7.40. The third-order valence-corrected chi connectivity index (χ3v) is 7.40. The minimum Gasteiger partial charge on any atom is -0.503 e. The third kappa shape index (κ3) is 3.96. The summed E-state index contributed by atoms with van der Waals surface area (Å²) in [4.78, 5) is 29.6. The lowest BCUT2D eigenvalue weighted by Gasteiger charge is -2.43. The highest BCUT2D eigenvalue weighted by molar-refractivity contribution is 5.30. The fraction of sp³-hybridized carbons (Fsp3) is 0.583. The molecule has 0 aliphatic carbocycles. The summed E-state index contributed by atoms with van der Waals surface area (Å²) in [7, 11) is 1.97. The largest absolute Gasteiger partial charge is 0.503 e. The first-order chi connectivity index (χ1) is 15.0. The summed E-state index contributed by atoms with van der Waals surface area (Å²) in [6.45, 7) is 5.93. The van der Waals surface area contributed by atoms with Gasteiger partial charge in [-0.2, -0.15) is 0 Å². The normalized spacial score (nSPS) is 24.2. The standard InChI is InChI=1S/C24H32N4O3/c1-25-19(11-22(29)24(31)21(25)16-26-8-3-2-4-9-26)15-27-12-17-10-18(14-27)20-6-5-7-23(30)28(20)13-17/h5-7,11,17-18,31H,2-4,8-10,12-16H2,1H3/t17-,18-/m0/s1. The van der Waals surface area contributed by atoms with E-state index < -0.39 is 0 Å². The minimum atomic E-state index is -0.283. The quantitative estimate of drug-likeness (QED) is 0.811. The van der Waals surface area contributed by atoms with E-state index in [0.29, 0.717) is 24.9 Å². The number of likely N-dealkylation sites (tertiary alicyclic amines) is 2. The van der Waals surface area contributed by atoms with E-state index in [9.17, 15) is 14.7 Å². The van der Waals surface area contributed by atoms with Crippen LogP contribution >= 0.6 is 0 Å². The number of pyridine rings is 2. The summed E-state index contributed by atoms with van der Waals surface area (Å²) < 4.78 is 3.97. The molecule has 2 fully saturated rings. The maximum atomic E-state index is 12.6. The summed E-state index contributed by atoms with van der Waals surface area (Å²) in [6, 6.07) is 7.19. The molecule has 2 saturated heterocycles. The van der Waals surface area contributed by atoms with E-state index in [2.05, 4.69) is 15.9 Å². The summed E-state index contributed by atoms with van der Waals surface area (Å²) >= 11 is 0. The van der Waals surface area contributed by atoms with Gasteiger partial charge in [-0.25, -0.2) is 0 Å². The van der Waals surface area contributed by atoms with Crippen molar-refractivity contribution in [3.05, 3.63) is 61.9 Å². The van der Waals surface area contributed by atoms with E-state index in [1.807, 2.05) is 22.2 Å². The van der Waals surface area contributed by atoms with Gasteiger partial charge in [0.2, 0.25) is 5.43 Å². The predicted octanol–water partition coefficient (Wildman–Crippen LogP) is 1.86. The summed E-state index contributed by atoms with van der Waals surface area (Å²) in [5, 5.41) is 10.5. The van der Waals surface area contributed by atoms with Crippen LogP contribution < -0.4 is 11.0 Å². The molecule has 2 aromatic heterocycles. The van der Waals surface area contributed by atoms with Crippen LogP contribution in [-0.2, 0) is 26.7 Å². The zero-order chi connectivity index (χ0) is 21.5. The number of rotatable bonds is 4. The van der Waals surface area contributed by atoms with Crippen LogP contribution in [0.15, 0.2) is 33.9 Å². The van der Waals surface area contributed by atoms with Crippen LogP contribution in [0.4, 0.5) is 0 Å². The van der Waals surface area contributed by atoms with Crippen molar-refractivity contribution in [3.63, 3.8) is 0 Å². The Bertz CT molecular complexity index is 1080. The highest BCUT2D eigenvalue weighted by atomic mass is 16.3.